The minimum absolute atomic E-state index is 0.275. The number of hydrogen-bond donors (Lipinski definition) is 0. The SMILES string of the molecule is COc1ccc(-c2noc(CN(C)C[C@H]3CCCCO3)n2)c(OC)c1OC. The molecule has 0 N–H and O–H groups in total. The van der Waals surface area contributed by atoms with E-state index >= 15 is 0 Å². The summed E-state index contributed by atoms with van der Waals surface area (Å²) in [6, 6.07) is 3.62. The molecule has 1 aliphatic heterocycles. The van der Waals surface area contributed by atoms with E-state index in [2.05, 4.69) is 15.0 Å². The molecular weight excluding hydrogens is 350 g/mol. The molecule has 0 bridgehead atoms. The highest BCUT2D eigenvalue weighted by Crippen LogP contribution is 2.43. The van der Waals surface area contributed by atoms with Gasteiger partial charge in [-0.25, -0.2) is 0 Å². The molecule has 0 saturated carbocycles. The lowest BCUT2D eigenvalue weighted by atomic mass is 10.1. The van der Waals surface area contributed by atoms with Gasteiger partial charge < -0.3 is 23.5 Å². The molecule has 0 amide bonds. The Hall–Kier alpha value is -2.32. The Morgan fingerprint density at radius 1 is 1.11 bits per heavy atom. The van der Waals surface area contributed by atoms with Crippen LogP contribution in [0.3, 0.4) is 0 Å². The zero-order valence-corrected chi connectivity index (χ0v) is 16.4. The second-order valence-corrected chi connectivity index (χ2v) is 6.58. The summed E-state index contributed by atoms with van der Waals surface area (Å²) < 4.78 is 27.5. The number of rotatable bonds is 8. The standard InChI is InChI=1S/C19H27N3O5/c1-22(11-13-7-5-6-10-26-13)12-16-20-19(21-27-16)14-8-9-15(23-2)18(25-4)17(14)24-3/h8-9,13H,5-7,10-12H2,1-4H3/t13-/m1/s1. The summed E-state index contributed by atoms with van der Waals surface area (Å²) in [7, 11) is 6.74. The second kappa shape index (κ2) is 9.05. The van der Waals surface area contributed by atoms with Gasteiger partial charge in [-0.2, -0.15) is 4.98 Å². The van der Waals surface area contributed by atoms with E-state index in [1.54, 1.807) is 27.4 Å². The summed E-state index contributed by atoms with van der Waals surface area (Å²) in [5.41, 5.74) is 0.684. The van der Waals surface area contributed by atoms with E-state index < -0.39 is 0 Å². The van der Waals surface area contributed by atoms with Crippen LogP contribution in [-0.2, 0) is 11.3 Å². The average molecular weight is 377 g/mol. The number of likely N-dealkylation sites (N-methyl/N-ethyl adjacent to an activating group) is 1. The number of hydrogen-bond acceptors (Lipinski definition) is 8. The molecule has 1 fully saturated rings. The van der Waals surface area contributed by atoms with Gasteiger partial charge >= 0.3 is 0 Å². The summed E-state index contributed by atoms with van der Waals surface area (Å²) in [5, 5.41) is 4.11. The van der Waals surface area contributed by atoms with Crippen molar-refractivity contribution in [2.75, 3.05) is 41.5 Å². The predicted octanol–water partition coefficient (Wildman–Crippen LogP) is 2.76. The molecule has 0 unspecified atom stereocenters. The van der Waals surface area contributed by atoms with Crippen LogP contribution >= 0.6 is 0 Å². The lowest BCUT2D eigenvalue weighted by molar-refractivity contribution is -0.00382. The topological polar surface area (TPSA) is 79.1 Å². The molecule has 1 atom stereocenters. The van der Waals surface area contributed by atoms with E-state index in [1.165, 1.54) is 6.42 Å². The first-order valence-corrected chi connectivity index (χ1v) is 9.08. The van der Waals surface area contributed by atoms with Crippen molar-refractivity contribution >= 4 is 0 Å². The van der Waals surface area contributed by atoms with Crippen molar-refractivity contribution in [3.8, 4) is 28.6 Å². The third-order valence-corrected chi connectivity index (χ3v) is 4.61. The number of methoxy groups -OCH3 is 3. The molecule has 2 heterocycles. The molecule has 8 nitrogen and oxygen atoms in total. The average Bonchev–Trinajstić information content (AvgIpc) is 3.15. The summed E-state index contributed by atoms with van der Waals surface area (Å²) in [5.74, 6) is 2.57. The zero-order valence-electron chi connectivity index (χ0n) is 16.4. The molecule has 0 spiro atoms. The van der Waals surface area contributed by atoms with Gasteiger partial charge in [-0.15, -0.1) is 0 Å². The predicted molar refractivity (Wildman–Crippen MR) is 99.3 cm³/mol. The maximum absolute atomic E-state index is 5.79. The number of ether oxygens (including phenoxy) is 4. The minimum Gasteiger partial charge on any atom is -0.493 e. The van der Waals surface area contributed by atoms with Crippen LogP contribution in [-0.4, -0.2) is 62.7 Å². The van der Waals surface area contributed by atoms with Crippen molar-refractivity contribution < 1.29 is 23.5 Å². The normalized spacial score (nSPS) is 17.1. The number of nitrogens with zero attached hydrogens (tertiary/aromatic N) is 3. The molecule has 3 rings (SSSR count). The molecule has 27 heavy (non-hydrogen) atoms. The van der Waals surface area contributed by atoms with Gasteiger partial charge in [0.25, 0.3) is 0 Å². The van der Waals surface area contributed by atoms with Crippen LogP contribution in [0.1, 0.15) is 25.2 Å². The van der Waals surface area contributed by atoms with Gasteiger partial charge in [0.1, 0.15) is 0 Å². The molecule has 148 valence electrons. The Kier molecular flexibility index (Phi) is 6.52. The molecule has 1 aromatic carbocycles. The first-order valence-electron chi connectivity index (χ1n) is 9.08. The maximum Gasteiger partial charge on any atom is 0.241 e. The minimum atomic E-state index is 0.275. The third-order valence-electron chi connectivity index (χ3n) is 4.61. The van der Waals surface area contributed by atoms with Gasteiger partial charge in [-0.3, -0.25) is 4.90 Å². The van der Waals surface area contributed by atoms with Crippen LogP contribution in [0.5, 0.6) is 17.2 Å². The van der Waals surface area contributed by atoms with Gasteiger partial charge in [-0.05, 0) is 38.4 Å². The number of benzene rings is 1. The highest BCUT2D eigenvalue weighted by atomic mass is 16.5. The Balaban J connectivity index is 1.73. The Morgan fingerprint density at radius 3 is 2.59 bits per heavy atom. The Morgan fingerprint density at radius 2 is 1.93 bits per heavy atom. The van der Waals surface area contributed by atoms with Crippen molar-refractivity contribution in [2.45, 2.75) is 31.9 Å². The molecule has 1 saturated heterocycles. The Bertz CT molecular complexity index is 743. The van der Waals surface area contributed by atoms with Crippen molar-refractivity contribution in [2.24, 2.45) is 0 Å². The first-order chi connectivity index (χ1) is 13.2. The lowest BCUT2D eigenvalue weighted by Crippen LogP contribution is -2.33. The molecular formula is C19H27N3O5. The fraction of sp³-hybridized carbons (Fsp3) is 0.579. The van der Waals surface area contributed by atoms with Crippen molar-refractivity contribution in [3.05, 3.63) is 18.0 Å². The Labute approximate surface area is 159 Å². The van der Waals surface area contributed by atoms with Crippen LogP contribution in [0.4, 0.5) is 0 Å². The van der Waals surface area contributed by atoms with Crippen molar-refractivity contribution in [1.82, 2.24) is 15.0 Å². The van der Waals surface area contributed by atoms with E-state index in [0.717, 1.165) is 26.0 Å². The van der Waals surface area contributed by atoms with Crippen LogP contribution < -0.4 is 14.2 Å². The van der Waals surface area contributed by atoms with Crippen LogP contribution in [0.15, 0.2) is 16.7 Å². The maximum atomic E-state index is 5.79. The van der Waals surface area contributed by atoms with E-state index in [-0.39, 0.29) is 6.10 Å². The van der Waals surface area contributed by atoms with Gasteiger partial charge in [0, 0.05) is 13.2 Å². The number of aromatic nitrogens is 2. The largest absolute Gasteiger partial charge is 0.493 e. The van der Waals surface area contributed by atoms with Gasteiger partial charge in [0.05, 0.1) is 39.5 Å². The van der Waals surface area contributed by atoms with Crippen LogP contribution in [0.25, 0.3) is 11.4 Å². The van der Waals surface area contributed by atoms with Gasteiger partial charge in [0.15, 0.2) is 11.5 Å². The zero-order chi connectivity index (χ0) is 19.2. The molecule has 1 aromatic heterocycles. The molecule has 0 aliphatic carbocycles. The summed E-state index contributed by atoms with van der Waals surface area (Å²) >= 11 is 0. The van der Waals surface area contributed by atoms with Crippen molar-refractivity contribution in [1.29, 1.82) is 0 Å². The van der Waals surface area contributed by atoms with E-state index in [0.29, 0.717) is 41.1 Å². The summed E-state index contributed by atoms with van der Waals surface area (Å²) in [6.07, 6.45) is 3.75. The molecule has 2 aromatic rings. The fourth-order valence-corrected chi connectivity index (χ4v) is 3.30. The van der Waals surface area contributed by atoms with Crippen LogP contribution in [0.2, 0.25) is 0 Å². The van der Waals surface area contributed by atoms with Crippen molar-refractivity contribution in [3.63, 3.8) is 0 Å². The quantitative estimate of drug-likeness (QED) is 0.695. The molecule has 8 heteroatoms. The monoisotopic (exact) mass is 377 g/mol. The third kappa shape index (κ3) is 4.51. The molecule has 0 radical (unpaired) electrons. The fourth-order valence-electron chi connectivity index (χ4n) is 3.30. The first kappa shape index (κ1) is 19.4. The summed E-state index contributed by atoms with van der Waals surface area (Å²) in [4.78, 5) is 6.65. The summed E-state index contributed by atoms with van der Waals surface area (Å²) in [6.45, 7) is 2.25. The van der Waals surface area contributed by atoms with Gasteiger partial charge in [-0.1, -0.05) is 5.16 Å². The van der Waals surface area contributed by atoms with E-state index in [9.17, 15) is 0 Å². The molecule has 1 aliphatic rings. The second-order valence-electron chi connectivity index (χ2n) is 6.58. The lowest BCUT2D eigenvalue weighted by Gasteiger charge is -2.26. The van der Waals surface area contributed by atoms with Crippen LogP contribution in [0, 0.1) is 0 Å². The highest BCUT2D eigenvalue weighted by Gasteiger charge is 2.22. The van der Waals surface area contributed by atoms with Gasteiger partial charge in [0.2, 0.25) is 17.5 Å². The smallest absolute Gasteiger partial charge is 0.241 e. The van der Waals surface area contributed by atoms with E-state index in [1.807, 2.05) is 13.1 Å². The highest BCUT2D eigenvalue weighted by molar-refractivity contribution is 5.71. The van der Waals surface area contributed by atoms with E-state index in [4.69, 9.17) is 23.5 Å².